The number of morpholine rings is 1. The van der Waals surface area contributed by atoms with Crippen LogP contribution in [0.2, 0.25) is 0 Å². The molecule has 3 aliphatic heterocycles. The second-order valence-corrected chi connectivity index (χ2v) is 10.00. The van der Waals surface area contributed by atoms with Crippen LogP contribution in [0.25, 0.3) is 10.9 Å². The summed E-state index contributed by atoms with van der Waals surface area (Å²) in [7, 11) is 0. The van der Waals surface area contributed by atoms with Gasteiger partial charge in [0.15, 0.2) is 0 Å². The van der Waals surface area contributed by atoms with E-state index in [1.54, 1.807) is 4.90 Å². The van der Waals surface area contributed by atoms with Gasteiger partial charge in [-0.1, -0.05) is 48.5 Å². The number of hydrogen-bond acceptors (Lipinski definition) is 3. The van der Waals surface area contributed by atoms with Crippen molar-refractivity contribution in [3.05, 3.63) is 71.4 Å². The highest BCUT2D eigenvalue weighted by atomic mass is 16.5. The summed E-state index contributed by atoms with van der Waals surface area (Å²) in [5.74, 6) is 0.159. The smallest absolute Gasteiger partial charge is 0.246 e. The van der Waals surface area contributed by atoms with Gasteiger partial charge in [-0.2, -0.15) is 0 Å². The molecular weight excluding hydrogens is 440 g/mol. The molecule has 182 valence electrons. The predicted octanol–water partition coefficient (Wildman–Crippen LogP) is 1.35. The normalized spacial score (nSPS) is 23.0. The average Bonchev–Trinajstić information content (AvgIpc) is 3.28. The zero-order valence-electron chi connectivity index (χ0n) is 20.0. The summed E-state index contributed by atoms with van der Waals surface area (Å²) in [5, 5.41) is 1.17. The van der Waals surface area contributed by atoms with Crippen molar-refractivity contribution in [2.45, 2.75) is 31.3 Å². The zero-order chi connectivity index (χ0) is 23.8. The molecule has 1 aromatic heterocycles. The maximum atomic E-state index is 13.8. The molecule has 6 rings (SSSR count). The number of carbonyl (C=O) groups excluding carboxylic acids is 2. The Morgan fingerprint density at radius 1 is 1.00 bits per heavy atom. The highest BCUT2D eigenvalue weighted by molar-refractivity contribution is 5.97. The Hall–Kier alpha value is -3.16. The van der Waals surface area contributed by atoms with Crippen molar-refractivity contribution in [2.75, 3.05) is 45.9 Å². The van der Waals surface area contributed by atoms with E-state index in [-0.39, 0.29) is 24.4 Å². The van der Waals surface area contributed by atoms with E-state index in [9.17, 15) is 9.59 Å². The molecule has 0 unspecified atom stereocenters. The van der Waals surface area contributed by atoms with Gasteiger partial charge in [-0.15, -0.1) is 0 Å². The van der Waals surface area contributed by atoms with Crippen LogP contribution >= 0.6 is 0 Å². The van der Waals surface area contributed by atoms with Gasteiger partial charge in [0.05, 0.1) is 32.3 Å². The van der Waals surface area contributed by atoms with E-state index in [1.165, 1.54) is 21.4 Å². The average molecular weight is 474 g/mol. The van der Waals surface area contributed by atoms with Crippen LogP contribution in [0.15, 0.2) is 54.6 Å². The van der Waals surface area contributed by atoms with Crippen molar-refractivity contribution in [3.63, 3.8) is 0 Å². The second-order valence-electron chi connectivity index (χ2n) is 10.00. The SMILES string of the molecule is O=C1[C@@H]2Cc3c([nH]c4ccccc34)[C@H](CCc3ccccc3)N2C(=O)CN1CC[NH+]1CCOCC1. The van der Waals surface area contributed by atoms with Crippen molar-refractivity contribution in [1.29, 1.82) is 0 Å². The molecule has 3 aromatic rings. The van der Waals surface area contributed by atoms with Crippen LogP contribution in [0.5, 0.6) is 0 Å². The summed E-state index contributed by atoms with van der Waals surface area (Å²) in [5.41, 5.74) is 4.63. The summed E-state index contributed by atoms with van der Waals surface area (Å²) in [6, 6.07) is 18.1. The van der Waals surface area contributed by atoms with Crippen LogP contribution in [0.4, 0.5) is 0 Å². The molecule has 4 heterocycles. The Morgan fingerprint density at radius 2 is 1.77 bits per heavy atom. The molecule has 7 nitrogen and oxygen atoms in total. The molecule has 35 heavy (non-hydrogen) atoms. The Labute approximate surface area is 205 Å². The van der Waals surface area contributed by atoms with E-state index in [0.29, 0.717) is 13.0 Å². The zero-order valence-corrected chi connectivity index (χ0v) is 20.0. The Bertz CT molecular complexity index is 1220. The molecule has 2 amide bonds. The summed E-state index contributed by atoms with van der Waals surface area (Å²) < 4.78 is 5.46. The third-order valence-electron chi connectivity index (χ3n) is 7.94. The number of fused-ring (bicyclic) bond motifs is 4. The lowest BCUT2D eigenvalue weighted by atomic mass is 9.87. The first-order chi connectivity index (χ1) is 17.2. The van der Waals surface area contributed by atoms with E-state index in [2.05, 4.69) is 41.4 Å². The fourth-order valence-electron chi connectivity index (χ4n) is 6.08. The lowest BCUT2D eigenvalue weighted by Crippen LogP contribution is -3.14. The number of aromatic amines is 1. The number of hydrogen-bond donors (Lipinski definition) is 2. The standard InChI is InChI=1S/C28H32N4O3/c33-26-19-31(13-12-30-14-16-35-17-15-30)28(34)25-18-22-21-8-4-5-9-23(21)29-27(22)24(32(25)26)11-10-20-6-2-1-3-7-20/h1-9,24-25,29H,10-19H2/p+1/t24-,25-/m0/s1. The third-order valence-corrected chi connectivity index (χ3v) is 7.94. The van der Waals surface area contributed by atoms with Crippen molar-refractivity contribution < 1.29 is 19.2 Å². The van der Waals surface area contributed by atoms with Crippen LogP contribution in [-0.4, -0.2) is 78.6 Å². The number of aryl methyl sites for hydroxylation is 1. The summed E-state index contributed by atoms with van der Waals surface area (Å²) in [4.78, 5) is 36.1. The lowest BCUT2D eigenvalue weighted by molar-refractivity contribution is -0.907. The van der Waals surface area contributed by atoms with Crippen molar-refractivity contribution in [1.82, 2.24) is 14.8 Å². The van der Waals surface area contributed by atoms with Crippen molar-refractivity contribution in [3.8, 4) is 0 Å². The van der Waals surface area contributed by atoms with Crippen molar-refractivity contribution >= 4 is 22.7 Å². The van der Waals surface area contributed by atoms with Gasteiger partial charge in [0.1, 0.15) is 25.7 Å². The van der Waals surface area contributed by atoms with Crippen LogP contribution < -0.4 is 4.90 Å². The fourth-order valence-corrected chi connectivity index (χ4v) is 6.08. The topological polar surface area (TPSA) is 70.1 Å². The first-order valence-electron chi connectivity index (χ1n) is 12.8. The predicted molar refractivity (Wildman–Crippen MR) is 133 cm³/mol. The summed E-state index contributed by atoms with van der Waals surface area (Å²) >= 11 is 0. The van der Waals surface area contributed by atoms with Gasteiger partial charge in [0.2, 0.25) is 11.8 Å². The van der Waals surface area contributed by atoms with E-state index in [1.807, 2.05) is 23.1 Å². The maximum absolute atomic E-state index is 13.8. The number of piperazine rings is 1. The van der Waals surface area contributed by atoms with Crippen LogP contribution in [0.1, 0.15) is 29.3 Å². The first kappa shape index (κ1) is 22.3. The first-order valence-corrected chi connectivity index (χ1v) is 12.8. The Balaban J connectivity index is 1.29. The largest absolute Gasteiger partial charge is 0.370 e. The van der Waals surface area contributed by atoms with E-state index >= 15 is 0 Å². The summed E-state index contributed by atoms with van der Waals surface area (Å²) in [6.45, 7) is 5.13. The van der Waals surface area contributed by atoms with Gasteiger partial charge < -0.3 is 24.4 Å². The van der Waals surface area contributed by atoms with Gasteiger partial charge in [-0.25, -0.2) is 0 Å². The molecule has 0 bridgehead atoms. The third kappa shape index (κ3) is 4.23. The molecule has 7 heteroatoms. The Morgan fingerprint density at radius 3 is 2.60 bits per heavy atom. The minimum atomic E-state index is -0.427. The monoisotopic (exact) mass is 473 g/mol. The summed E-state index contributed by atoms with van der Waals surface area (Å²) in [6.07, 6.45) is 2.22. The van der Waals surface area contributed by atoms with Gasteiger partial charge in [0, 0.05) is 23.0 Å². The quantitative estimate of drug-likeness (QED) is 0.568. The number of nitrogens with zero attached hydrogens (tertiary/aromatic N) is 2. The molecule has 0 radical (unpaired) electrons. The highest BCUT2D eigenvalue weighted by Gasteiger charge is 2.47. The number of aromatic nitrogens is 1. The number of carbonyl (C=O) groups is 2. The minimum absolute atomic E-state index is 0.0638. The molecule has 3 aliphatic rings. The molecule has 0 spiro atoms. The molecule has 2 N–H and O–H groups in total. The lowest BCUT2D eigenvalue weighted by Gasteiger charge is -2.47. The van der Waals surface area contributed by atoms with E-state index < -0.39 is 6.04 Å². The highest BCUT2D eigenvalue weighted by Crippen LogP contribution is 2.41. The van der Waals surface area contributed by atoms with Crippen LogP contribution in [-0.2, 0) is 27.2 Å². The number of nitrogens with one attached hydrogen (secondary N) is 2. The molecular formula is C28H33N4O3+. The van der Waals surface area contributed by atoms with Crippen molar-refractivity contribution in [2.24, 2.45) is 0 Å². The number of para-hydroxylation sites is 1. The molecule has 0 aliphatic carbocycles. The molecule has 0 saturated carbocycles. The van der Waals surface area contributed by atoms with Gasteiger partial charge >= 0.3 is 0 Å². The number of ether oxygens (including phenoxy) is 1. The van der Waals surface area contributed by atoms with Crippen LogP contribution in [0, 0.1) is 0 Å². The molecule has 2 saturated heterocycles. The fraction of sp³-hybridized carbons (Fsp3) is 0.429. The minimum Gasteiger partial charge on any atom is -0.370 e. The van der Waals surface area contributed by atoms with Crippen LogP contribution in [0.3, 0.4) is 0 Å². The van der Waals surface area contributed by atoms with Gasteiger partial charge in [-0.05, 0) is 30.0 Å². The van der Waals surface area contributed by atoms with Gasteiger partial charge in [0.25, 0.3) is 0 Å². The number of rotatable bonds is 6. The van der Waals surface area contributed by atoms with E-state index in [4.69, 9.17) is 4.74 Å². The Kier molecular flexibility index (Phi) is 6.04. The van der Waals surface area contributed by atoms with Gasteiger partial charge in [-0.3, -0.25) is 9.59 Å². The maximum Gasteiger partial charge on any atom is 0.246 e. The number of amides is 2. The molecule has 2 atom stereocenters. The second kappa shape index (κ2) is 9.47. The molecule has 2 aromatic carbocycles. The number of H-pyrrole nitrogens is 1. The van der Waals surface area contributed by atoms with E-state index in [0.717, 1.165) is 56.9 Å². The molecule has 2 fully saturated rings. The number of benzene rings is 2. The number of quaternary nitrogens is 1.